The molecular formula is C56H58BBrN6O6. The highest BCUT2D eigenvalue weighted by Gasteiger charge is 2.52. The van der Waals surface area contributed by atoms with Gasteiger partial charge in [-0.1, -0.05) is 36.4 Å². The van der Waals surface area contributed by atoms with Crippen LogP contribution < -0.4 is 26.4 Å². The third-order valence-electron chi connectivity index (χ3n) is 13.2. The van der Waals surface area contributed by atoms with E-state index in [0.29, 0.717) is 24.2 Å². The lowest BCUT2D eigenvalue weighted by molar-refractivity contribution is 0.00578. The molecule has 6 aromatic carbocycles. The van der Waals surface area contributed by atoms with Crippen molar-refractivity contribution in [1.82, 2.24) is 9.13 Å². The summed E-state index contributed by atoms with van der Waals surface area (Å²) in [6.07, 6.45) is 5.13. The molecule has 3 heterocycles. The first-order valence-electron chi connectivity index (χ1n) is 22.8. The summed E-state index contributed by atoms with van der Waals surface area (Å²) < 4.78 is 27.8. The predicted molar refractivity (Wildman–Crippen MR) is 287 cm³/mol. The molecule has 1 aliphatic heterocycles. The Labute approximate surface area is 418 Å². The lowest BCUT2D eigenvalue weighted by Gasteiger charge is -2.32. The summed E-state index contributed by atoms with van der Waals surface area (Å²) in [7, 11) is 2.93. The SMILES string of the molecule is Cc1c(N)cccc1B1OC(C)(C)C(C)(C)O1.[C-]#[N+]c1ccc2c(c1)c(-c1cccc(N)c1C)cn2-c1ccc(OC)cc1CCO.[C-]#[N+]c1ccc2c(c1)c(Br)cn2-c1ccc(OC)cc1CCO. The Hall–Kier alpha value is -7.04. The molecule has 70 heavy (non-hydrogen) atoms. The Morgan fingerprint density at radius 2 is 1.11 bits per heavy atom. The number of ether oxygens (including phenoxy) is 2. The zero-order chi connectivity index (χ0) is 50.5. The predicted octanol–water partition coefficient (Wildman–Crippen LogP) is 11.6. The van der Waals surface area contributed by atoms with Crippen molar-refractivity contribution in [1.29, 1.82) is 0 Å². The normalized spacial score (nSPS) is 13.5. The Morgan fingerprint density at radius 1 is 0.629 bits per heavy atom. The van der Waals surface area contributed by atoms with E-state index in [9.17, 15) is 10.2 Å². The molecule has 12 nitrogen and oxygen atoms in total. The molecule has 1 saturated heterocycles. The molecule has 14 heteroatoms. The van der Waals surface area contributed by atoms with Crippen LogP contribution in [0.1, 0.15) is 49.9 Å². The maximum Gasteiger partial charge on any atom is 0.495 e. The van der Waals surface area contributed by atoms with E-state index >= 15 is 0 Å². The largest absolute Gasteiger partial charge is 0.497 e. The van der Waals surface area contributed by atoms with Crippen LogP contribution in [0.3, 0.4) is 0 Å². The lowest BCUT2D eigenvalue weighted by Crippen LogP contribution is -2.41. The van der Waals surface area contributed by atoms with Gasteiger partial charge in [0.1, 0.15) is 11.5 Å². The van der Waals surface area contributed by atoms with Crippen molar-refractivity contribution in [2.75, 3.05) is 38.9 Å². The van der Waals surface area contributed by atoms with Crippen LogP contribution in [-0.2, 0) is 22.2 Å². The van der Waals surface area contributed by atoms with Crippen molar-refractivity contribution >= 4 is 73.1 Å². The molecule has 0 radical (unpaired) electrons. The summed E-state index contributed by atoms with van der Waals surface area (Å²) in [4.78, 5) is 7.10. The highest BCUT2D eigenvalue weighted by Crippen LogP contribution is 2.40. The fourth-order valence-electron chi connectivity index (χ4n) is 8.48. The minimum absolute atomic E-state index is 0.0441. The van der Waals surface area contributed by atoms with Gasteiger partial charge in [-0.05, 0) is 182 Å². The Kier molecular flexibility index (Phi) is 15.5. The average molecular weight is 1000 g/mol. The summed E-state index contributed by atoms with van der Waals surface area (Å²) in [5, 5.41) is 20.9. The lowest BCUT2D eigenvalue weighted by atomic mass is 9.76. The highest BCUT2D eigenvalue weighted by atomic mass is 79.9. The van der Waals surface area contributed by atoms with Gasteiger partial charge in [0.2, 0.25) is 0 Å². The van der Waals surface area contributed by atoms with E-state index in [2.05, 4.69) is 74.7 Å². The summed E-state index contributed by atoms with van der Waals surface area (Å²) in [5.41, 5.74) is 25.2. The fraction of sp³-hybridized carbons (Fsp3) is 0.250. The second-order valence-corrected chi connectivity index (χ2v) is 18.8. The van der Waals surface area contributed by atoms with Gasteiger partial charge in [0.15, 0.2) is 11.4 Å². The third-order valence-corrected chi connectivity index (χ3v) is 13.9. The number of nitrogens with two attached hydrogens (primary N) is 2. The van der Waals surface area contributed by atoms with Gasteiger partial charge in [0.05, 0.1) is 49.6 Å². The van der Waals surface area contributed by atoms with E-state index in [1.165, 1.54) is 0 Å². The standard InChI is InChI=1S/C25H23N3O2.C18H15BrN2O2.C13H20BNO2/c1-16-20(5-4-6-23(16)26)22-15-28(25-9-7-18(27-2)14-21(22)25)24-10-8-19(30-3)13-17(24)11-12-29;1-20-13-3-5-18-15(10-13)16(19)11-21(18)17-6-4-14(23-2)9-12(17)7-8-22;1-9-10(7-6-8-11(9)15)14-16-12(2,3)13(4,5)17-14/h4-10,13-15,29H,11-12,26H2,1,3H3;3-6,9-11,22H,7-8H2,2H3;6-8H,15H2,1-5H3. The summed E-state index contributed by atoms with van der Waals surface area (Å²) in [5.74, 6) is 1.52. The van der Waals surface area contributed by atoms with E-state index < -0.39 is 0 Å². The van der Waals surface area contributed by atoms with Crippen LogP contribution in [0.15, 0.2) is 126 Å². The molecule has 0 amide bonds. The summed E-state index contributed by atoms with van der Waals surface area (Å²) >= 11 is 3.57. The van der Waals surface area contributed by atoms with Crippen LogP contribution in [-0.4, -0.2) is 65.1 Å². The zero-order valence-electron chi connectivity index (χ0n) is 40.8. The van der Waals surface area contributed by atoms with Crippen molar-refractivity contribution < 1.29 is 29.0 Å². The summed E-state index contributed by atoms with van der Waals surface area (Å²) in [6, 6.07) is 34.8. The maximum atomic E-state index is 9.59. The minimum atomic E-state index is -0.330. The van der Waals surface area contributed by atoms with Gasteiger partial charge in [0, 0.05) is 63.8 Å². The first-order valence-corrected chi connectivity index (χ1v) is 23.6. The van der Waals surface area contributed by atoms with E-state index in [1.807, 2.05) is 123 Å². The topological polar surface area (TPSA) is 148 Å². The number of hydrogen-bond acceptors (Lipinski definition) is 8. The number of aliphatic hydroxyl groups excluding tert-OH is 2. The molecule has 8 aromatic rings. The van der Waals surface area contributed by atoms with Crippen LogP contribution in [0.25, 0.3) is 54.0 Å². The second kappa shape index (κ2) is 21.3. The number of nitrogen functional groups attached to an aromatic ring is 2. The molecule has 0 aliphatic carbocycles. The van der Waals surface area contributed by atoms with Crippen LogP contribution in [0.2, 0.25) is 0 Å². The van der Waals surface area contributed by atoms with Gasteiger partial charge in [-0.3, -0.25) is 0 Å². The Balaban J connectivity index is 0.000000161. The van der Waals surface area contributed by atoms with Crippen LogP contribution in [0.4, 0.5) is 22.7 Å². The zero-order valence-corrected chi connectivity index (χ0v) is 42.4. The molecule has 0 spiro atoms. The molecular weight excluding hydrogens is 943 g/mol. The maximum absolute atomic E-state index is 9.59. The number of anilines is 2. The molecule has 0 saturated carbocycles. The Morgan fingerprint density at radius 3 is 1.63 bits per heavy atom. The summed E-state index contributed by atoms with van der Waals surface area (Å²) in [6.45, 7) is 26.9. The van der Waals surface area contributed by atoms with E-state index in [0.717, 1.165) is 99.4 Å². The minimum Gasteiger partial charge on any atom is -0.497 e. The van der Waals surface area contributed by atoms with Gasteiger partial charge in [-0.15, -0.1) is 0 Å². The van der Waals surface area contributed by atoms with Gasteiger partial charge in [0.25, 0.3) is 0 Å². The van der Waals surface area contributed by atoms with Crippen molar-refractivity contribution in [3.05, 3.63) is 171 Å². The monoisotopic (exact) mass is 1000 g/mol. The van der Waals surface area contributed by atoms with Gasteiger partial charge >= 0.3 is 7.12 Å². The average Bonchev–Trinajstić information content (AvgIpc) is 3.96. The Bertz CT molecular complexity index is 3280. The molecule has 0 bridgehead atoms. The van der Waals surface area contributed by atoms with Crippen LogP contribution >= 0.6 is 15.9 Å². The molecule has 0 atom stereocenters. The fourth-order valence-corrected chi connectivity index (χ4v) is 9.00. The molecule has 1 fully saturated rings. The van der Waals surface area contributed by atoms with Crippen molar-refractivity contribution in [3.63, 3.8) is 0 Å². The van der Waals surface area contributed by atoms with Crippen LogP contribution in [0.5, 0.6) is 11.5 Å². The van der Waals surface area contributed by atoms with Gasteiger partial charge < -0.3 is 49.6 Å². The number of halogens is 1. The van der Waals surface area contributed by atoms with Crippen molar-refractivity contribution in [2.45, 2.75) is 65.6 Å². The number of benzene rings is 6. The second-order valence-electron chi connectivity index (χ2n) is 18.0. The first kappa shape index (κ1) is 50.8. The number of fused-ring (bicyclic) bond motifs is 2. The van der Waals surface area contributed by atoms with Crippen LogP contribution in [0, 0.1) is 27.0 Å². The number of nitrogens with zero attached hydrogens (tertiary/aromatic N) is 4. The number of aliphatic hydroxyl groups is 2. The number of rotatable bonds is 10. The molecule has 6 N–H and O–H groups in total. The number of methoxy groups -OCH3 is 2. The smallest absolute Gasteiger partial charge is 0.495 e. The molecule has 2 aromatic heterocycles. The van der Waals surface area contributed by atoms with Gasteiger partial charge in [-0.25, -0.2) is 9.69 Å². The van der Waals surface area contributed by atoms with E-state index in [-0.39, 0.29) is 31.5 Å². The van der Waals surface area contributed by atoms with E-state index in [1.54, 1.807) is 14.2 Å². The third kappa shape index (κ3) is 10.3. The molecule has 1 aliphatic rings. The first-order chi connectivity index (χ1) is 33.5. The molecule has 0 unspecified atom stereocenters. The quantitative estimate of drug-likeness (QED) is 0.0601. The van der Waals surface area contributed by atoms with E-state index in [4.69, 9.17) is 43.4 Å². The molecule has 9 rings (SSSR count). The molecule has 358 valence electrons. The highest BCUT2D eigenvalue weighted by molar-refractivity contribution is 9.10. The van der Waals surface area contributed by atoms with Crippen molar-refractivity contribution in [3.8, 4) is 34.0 Å². The number of hydrogen-bond donors (Lipinski definition) is 4. The van der Waals surface area contributed by atoms with Gasteiger partial charge in [-0.2, -0.15) is 0 Å². The number of aromatic nitrogens is 2. The van der Waals surface area contributed by atoms with Crippen molar-refractivity contribution in [2.24, 2.45) is 0 Å².